The van der Waals surface area contributed by atoms with Crippen LogP contribution in [0.25, 0.3) is 0 Å². The number of nitriles is 1. The molecule has 15 heavy (non-hydrogen) atoms. The van der Waals surface area contributed by atoms with Crippen LogP contribution in [-0.4, -0.2) is 13.1 Å². The molecule has 0 spiro atoms. The van der Waals surface area contributed by atoms with Crippen LogP contribution in [-0.2, 0) is 4.79 Å². The topological polar surface area (TPSA) is 59.3 Å². The Labute approximate surface area is 95.5 Å². The van der Waals surface area contributed by atoms with E-state index in [2.05, 4.69) is 15.9 Å². The first-order chi connectivity index (χ1) is 7.08. The van der Waals surface area contributed by atoms with Gasteiger partial charge in [-0.2, -0.15) is 5.26 Å². The van der Waals surface area contributed by atoms with Gasteiger partial charge in [-0.05, 0) is 15.9 Å². The number of hydrogen-bond donors (Lipinski definition) is 0. The first-order valence-corrected chi connectivity index (χ1v) is 4.84. The molecule has 0 fully saturated rings. The summed E-state index contributed by atoms with van der Waals surface area (Å²) in [6.45, 7) is 1.30. The van der Waals surface area contributed by atoms with Gasteiger partial charge in [-0.25, -0.2) is 0 Å². The van der Waals surface area contributed by atoms with Gasteiger partial charge in [0.25, 0.3) is 0 Å². The largest absolute Gasteiger partial charge is 0.493 e. The third-order valence-corrected chi connectivity index (χ3v) is 2.28. The number of ether oxygens (including phenoxy) is 2. The highest BCUT2D eigenvalue weighted by Crippen LogP contribution is 2.33. The molecule has 1 rings (SSSR count). The Kier molecular flexibility index (Phi) is 3.69. The molecule has 0 aliphatic carbocycles. The lowest BCUT2D eigenvalue weighted by molar-refractivity contribution is -0.132. The number of hydrogen-bond acceptors (Lipinski definition) is 4. The molecule has 5 heteroatoms. The highest BCUT2D eigenvalue weighted by molar-refractivity contribution is 9.10. The first-order valence-electron chi connectivity index (χ1n) is 4.04. The minimum Gasteiger partial charge on any atom is -0.493 e. The molecule has 0 bridgehead atoms. The average Bonchev–Trinajstić information content (AvgIpc) is 2.17. The molecule has 1 aromatic carbocycles. The first kappa shape index (κ1) is 11.5. The molecule has 0 saturated heterocycles. The zero-order valence-corrected chi connectivity index (χ0v) is 9.79. The monoisotopic (exact) mass is 269 g/mol. The summed E-state index contributed by atoms with van der Waals surface area (Å²) < 4.78 is 10.5. The smallest absolute Gasteiger partial charge is 0.308 e. The standard InChI is InChI=1S/C10H8BrNO3/c1-6(13)15-10-4-8(11)7(5-12)3-9(10)14-2/h3-4H,1-2H3. The van der Waals surface area contributed by atoms with Gasteiger partial charge in [0.2, 0.25) is 0 Å². The normalized spacial score (nSPS) is 9.20. The third-order valence-electron chi connectivity index (χ3n) is 1.63. The van der Waals surface area contributed by atoms with Crippen molar-refractivity contribution in [2.75, 3.05) is 7.11 Å². The van der Waals surface area contributed by atoms with E-state index in [1.54, 1.807) is 0 Å². The summed E-state index contributed by atoms with van der Waals surface area (Å²) in [5.41, 5.74) is 0.419. The molecule has 0 aliphatic rings. The van der Waals surface area contributed by atoms with E-state index in [1.807, 2.05) is 6.07 Å². The maximum Gasteiger partial charge on any atom is 0.308 e. The van der Waals surface area contributed by atoms with Crippen molar-refractivity contribution in [2.24, 2.45) is 0 Å². The van der Waals surface area contributed by atoms with E-state index in [-0.39, 0.29) is 5.75 Å². The summed E-state index contributed by atoms with van der Waals surface area (Å²) in [6, 6.07) is 5.01. The molecule has 0 N–H and O–H groups in total. The van der Waals surface area contributed by atoms with E-state index in [4.69, 9.17) is 14.7 Å². The fraction of sp³-hybridized carbons (Fsp3) is 0.200. The molecule has 78 valence electrons. The number of methoxy groups -OCH3 is 1. The van der Waals surface area contributed by atoms with Crippen LogP contribution in [0.1, 0.15) is 12.5 Å². The van der Waals surface area contributed by atoms with Crippen molar-refractivity contribution in [3.63, 3.8) is 0 Å². The lowest BCUT2D eigenvalue weighted by Crippen LogP contribution is -2.03. The van der Waals surface area contributed by atoms with Crippen LogP contribution in [0.5, 0.6) is 11.5 Å². The number of rotatable bonds is 2. The summed E-state index contributed by atoms with van der Waals surface area (Å²) in [4.78, 5) is 10.8. The zero-order valence-electron chi connectivity index (χ0n) is 8.20. The van der Waals surface area contributed by atoms with Crippen LogP contribution in [0.2, 0.25) is 0 Å². The van der Waals surface area contributed by atoms with Gasteiger partial charge in [-0.15, -0.1) is 0 Å². The quantitative estimate of drug-likeness (QED) is 0.611. The molecule has 4 nitrogen and oxygen atoms in total. The molecule has 0 heterocycles. The SMILES string of the molecule is COc1cc(C#N)c(Br)cc1OC(C)=O. The number of esters is 1. The van der Waals surface area contributed by atoms with Crippen molar-refractivity contribution in [2.45, 2.75) is 6.92 Å². The van der Waals surface area contributed by atoms with Gasteiger partial charge < -0.3 is 9.47 Å². The molecular formula is C10H8BrNO3. The molecule has 0 aromatic heterocycles. The number of carbonyl (C=O) groups is 1. The Balaban J connectivity index is 3.22. The van der Waals surface area contributed by atoms with Crippen LogP contribution >= 0.6 is 15.9 Å². The van der Waals surface area contributed by atoms with Crippen LogP contribution < -0.4 is 9.47 Å². The van der Waals surface area contributed by atoms with Crippen molar-refractivity contribution < 1.29 is 14.3 Å². The van der Waals surface area contributed by atoms with Gasteiger partial charge in [0.1, 0.15) is 6.07 Å². The van der Waals surface area contributed by atoms with Gasteiger partial charge in [-0.3, -0.25) is 4.79 Å². The van der Waals surface area contributed by atoms with Crippen molar-refractivity contribution in [3.05, 3.63) is 22.2 Å². The lowest BCUT2D eigenvalue weighted by atomic mass is 10.2. The molecule has 0 saturated carbocycles. The minimum absolute atomic E-state index is 0.288. The Bertz CT molecular complexity index is 437. The highest BCUT2D eigenvalue weighted by atomic mass is 79.9. The molecule has 1 aromatic rings. The van der Waals surface area contributed by atoms with Crippen LogP contribution in [0.3, 0.4) is 0 Å². The fourth-order valence-electron chi connectivity index (χ4n) is 1.01. The van der Waals surface area contributed by atoms with Crippen molar-refractivity contribution in [3.8, 4) is 17.6 Å². The Hall–Kier alpha value is -1.54. The summed E-state index contributed by atoms with van der Waals surface area (Å²) in [5, 5.41) is 8.77. The average molecular weight is 270 g/mol. The number of benzene rings is 1. The van der Waals surface area contributed by atoms with Gasteiger partial charge in [-0.1, -0.05) is 0 Å². The maximum absolute atomic E-state index is 10.8. The van der Waals surface area contributed by atoms with Crippen molar-refractivity contribution in [1.82, 2.24) is 0 Å². The zero-order chi connectivity index (χ0) is 11.4. The second-order valence-corrected chi connectivity index (χ2v) is 3.54. The van der Waals surface area contributed by atoms with Crippen molar-refractivity contribution in [1.29, 1.82) is 5.26 Å². The Morgan fingerprint density at radius 3 is 2.60 bits per heavy atom. The Morgan fingerprint density at radius 2 is 2.13 bits per heavy atom. The lowest BCUT2D eigenvalue weighted by Gasteiger charge is -2.08. The van der Waals surface area contributed by atoms with Gasteiger partial charge in [0.15, 0.2) is 11.5 Å². The van der Waals surface area contributed by atoms with E-state index in [0.717, 1.165) is 0 Å². The third kappa shape index (κ3) is 2.70. The van der Waals surface area contributed by atoms with E-state index >= 15 is 0 Å². The van der Waals surface area contributed by atoms with Crippen LogP contribution in [0.15, 0.2) is 16.6 Å². The summed E-state index contributed by atoms with van der Waals surface area (Å²) >= 11 is 3.19. The predicted octanol–water partition coefficient (Wildman–Crippen LogP) is 2.25. The van der Waals surface area contributed by atoms with Gasteiger partial charge in [0, 0.05) is 23.5 Å². The van der Waals surface area contributed by atoms with Crippen LogP contribution in [0.4, 0.5) is 0 Å². The molecular weight excluding hydrogens is 262 g/mol. The number of carbonyl (C=O) groups excluding carboxylic acids is 1. The van der Waals surface area contributed by atoms with E-state index < -0.39 is 5.97 Å². The second kappa shape index (κ2) is 4.80. The summed E-state index contributed by atoms with van der Waals surface area (Å²) in [6.07, 6.45) is 0. The Morgan fingerprint density at radius 1 is 1.47 bits per heavy atom. The summed E-state index contributed by atoms with van der Waals surface area (Å²) in [7, 11) is 1.44. The van der Waals surface area contributed by atoms with Gasteiger partial charge >= 0.3 is 5.97 Å². The van der Waals surface area contributed by atoms with E-state index in [1.165, 1.54) is 26.2 Å². The maximum atomic E-state index is 10.8. The second-order valence-electron chi connectivity index (χ2n) is 2.69. The summed E-state index contributed by atoms with van der Waals surface area (Å²) in [5.74, 6) is 0.200. The van der Waals surface area contributed by atoms with E-state index in [9.17, 15) is 4.79 Å². The highest BCUT2D eigenvalue weighted by Gasteiger charge is 2.11. The molecule has 0 amide bonds. The van der Waals surface area contributed by atoms with Crippen molar-refractivity contribution >= 4 is 21.9 Å². The fourth-order valence-corrected chi connectivity index (χ4v) is 1.43. The van der Waals surface area contributed by atoms with Crippen LogP contribution in [0, 0.1) is 11.3 Å². The molecule has 0 aliphatic heterocycles. The van der Waals surface area contributed by atoms with Gasteiger partial charge in [0.05, 0.1) is 12.7 Å². The molecule has 0 radical (unpaired) electrons. The number of halogens is 1. The minimum atomic E-state index is -0.440. The molecule has 0 unspecified atom stereocenters. The van der Waals surface area contributed by atoms with E-state index in [0.29, 0.717) is 15.8 Å². The number of nitrogens with zero attached hydrogens (tertiary/aromatic N) is 1. The predicted molar refractivity (Wildman–Crippen MR) is 56.7 cm³/mol. The molecule has 0 atom stereocenters.